The zero-order chi connectivity index (χ0) is 15.1. The van der Waals surface area contributed by atoms with Crippen molar-refractivity contribution in [1.29, 1.82) is 0 Å². The van der Waals surface area contributed by atoms with Crippen molar-refractivity contribution >= 4 is 17.2 Å². The van der Waals surface area contributed by atoms with Gasteiger partial charge in [-0.25, -0.2) is 0 Å². The molecule has 4 heteroatoms. The van der Waals surface area contributed by atoms with E-state index in [2.05, 4.69) is 42.0 Å². The Morgan fingerprint density at radius 1 is 1.29 bits per heavy atom. The van der Waals surface area contributed by atoms with Crippen LogP contribution < -0.4 is 10.6 Å². The normalized spacial score (nSPS) is 17.4. The molecule has 0 atom stereocenters. The molecule has 0 aliphatic heterocycles. The predicted octanol–water partition coefficient (Wildman–Crippen LogP) is 3.45. The summed E-state index contributed by atoms with van der Waals surface area (Å²) in [7, 11) is 0. The third kappa shape index (κ3) is 5.44. The molecule has 2 N–H and O–H groups in total. The lowest BCUT2D eigenvalue weighted by molar-refractivity contribution is -0.121. The zero-order valence-electron chi connectivity index (χ0n) is 13.3. The molecule has 21 heavy (non-hydrogen) atoms. The summed E-state index contributed by atoms with van der Waals surface area (Å²) < 4.78 is 0. The van der Waals surface area contributed by atoms with Gasteiger partial charge in [-0.2, -0.15) is 0 Å². The van der Waals surface area contributed by atoms with Crippen LogP contribution >= 0.6 is 11.3 Å². The molecule has 1 fully saturated rings. The number of nitrogens with one attached hydrogen (secondary N) is 2. The van der Waals surface area contributed by atoms with Crippen LogP contribution in [0.3, 0.4) is 0 Å². The van der Waals surface area contributed by atoms with Crippen LogP contribution in [0.2, 0.25) is 0 Å². The number of thiophene rings is 1. The van der Waals surface area contributed by atoms with Crippen LogP contribution in [-0.4, -0.2) is 25.0 Å². The van der Waals surface area contributed by atoms with E-state index in [1.807, 2.05) is 0 Å². The van der Waals surface area contributed by atoms with Gasteiger partial charge < -0.3 is 10.6 Å². The van der Waals surface area contributed by atoms with Crippen LogP contribution in [-0.2, 0) is 10.2 Å². The van der Waals surface area contributed by atoms with Crippen LogP contribution in [0.15, 0.2) is 17.5 Å². The molecule has 2 rings (SSSR count). The summed E-state index contributed by atoms with van der Waals surface area (Å²) in [4.78, 5) is 13.4. The Balaban J connectivity index is 1.69. The topological polar surface area (TPSA) is 41.1 Å². The van der Waals surface area contributed by atoms with E-state index in [1.54, 1.807) is 11.3 Å². The van der Waals surface area contributed by atoms with Crippen LogP contribution in [0, 0.1) is 0 Å². The summed E-state index contributed by atoms with van der Waals surface area (Å²) in [5.41, 5.74) is 0.0801. The van der Waals surface area contributed by atoms with Crippen molar-refractivity contribution in [2.24, 2.45) is 0 Å². The molecule has 0 unspecified atom stereocenters. The van der Waals surface area contributed by atoms with Gasteiger partial charge >= 0.3 is 0 Å². The lowest BCUT2D eigenvalue weighted by atomic mass is 9.91. The predicted molar refractivity (Wildman–Crippen MR) is 89.8 cm³/mol. The van der Waals surface area contributed by atoms with E-state index in [0.29, 0.717) is 12.6 Å². The molecule has 1 amide bonds. The molecule has 0 bridgehead atoms. The molecular formula is C17H28N2OS. The second kappa shape index (κ2) is 7.95. The quantitative estimate of drug-likeness (QED) is 0.790. The van der Waals surface area contributed by atoms with Gasteiger partial charge in [0, 0.05) is 22.9 Å². The van der Waals surface area contributed by atoms with Gasteiger partial charge in [0.05, 0.1) is 6.54 Å². The highest BCUT2D eigenvalue weighted by molar-refractivity contribution is 7.10. The minimum absolute atomic E-state index is 0.0801. The van der Waals surface area contributed by atoms with Crippen LogP contribution in [0.5, 0.6) is 0 Å². The molecule has 0 aromatic carbocycles. The highest BCUT2D eigenvalue weighted by Gasteiger charge is 2.21. The van der Waals surface area contributed by atoms with Gasteiger partial charge in [0.1, 0.15) is 0 Å². The fourth-order valence-electron chi connectivity index (χ4n) is 2.94. The monoisotopic (exact) mass is 308 g/mol. The molecule has 118 valence electrons. The average Bonchev–Trinajstić information content (AvgIpc) is 2.86. The zero-order valence-corrected chi connectivity index (χ0v) is 14.1. The summed E-state index contributed by atoms with van der Waals surface area (Å²) in [6, 6.07) is 4.64. The van der Waals surface area contributed by atoms with Gasteiger partial charge in [0.25, 0.3) is 0 Å². The number of rotatable bonds is 6. The Kier molecular flexibility index (Phi) is 6.24. The van der Waals surface area contributed by atoms with Crippen LogP contribution in [0.1, 0.15) is 57.2 Å². The Hall–Kier alpha value is -0.870. The summed E-state index contributed by atoms with van der Waals surface area (Å²) in [6.07, 6.45) is 7.44. The molecule has 1 heterocycles. The SMILES string of the molecule is CC(C)(CNCC(=O)NC1CCCCCC1)c1cccs1. The summed E-state index contributed by atoms with van der Waals surface area (Å²) in [6.45, 7) is 5.68. The lowest BCUT2D eigenvalue weighted by Gasteiger charge is -2.24. The third-order valence-corrected chi connectivity index (χ3v) is 5.50. The molecule has 1 aliphatic carbocycles. The summed E-state index contributed by atoms with van der Waals surface area (Å²) in [5, 5.41) is 8.60. The summed E-state index contributed by atoms with van der Waals surface area (Å²) >= 11 is 1.78. The number of carbonyl (C=O) groups excluding carboxylic acids is 1. The molecule has 1 aromatic rings. The van der Waals surface area contributed by atoms with E-state index in [9.17, 15) is 4.79 Å². The van der Waals surface area contributed by atoms with Crippen molar-refractivity contribution in [3.63, 3.8) is 0 Å². The number of amides is 1. The van der Waals surface area contributed by atoms with Crippen molar-refractivity contribution in [2.45, 2.75) is 63.8 Å². The van der Waals surface area contributed by atoms with Crippen molar-refractivity contribution < 1.29 is 4.79 Å². The van der Waals surface area contributed by atoms with Gasteiger partial charge in [-0.3, -0.25) is 4.79 Å². The molecule has 0 saturated heterocycles. The fraction of sp³-hybridized carbons (Fsp3) is 0.706. The standard InChI is InChI=1S/C17H28N2OS/c1-17(2,15-10-7-11-21-15)13-18-12-16(20)19-14-8-5-3-4-6-9-14/h7,10-11,14,18H,3-6,8-9,12-13H2,1-2H3,(H,19,20). The number of carbonyl (C=O) groups is 1. The minimum Gasteiger partial charge on any atom is -0.352 e. The number of hydrogen-bond donors (Lipinski definition) is 2. The molecule has 1 saturated carbocycles. The van der Waals surface area contributed by atoms with Gasteiger partial charge in [-0.1, -0.05) is 45.6 Å². The molecule has 1 aromatic heterocycles. The van der Waals surface area contributed by atoms with Crippen molar-refractivity contribution in [3.8, 4) is 0 Å². The first kappa shape index (κ1) is 16.5. The Morgan fingerprint density at radius 2 is 2.00 bits per heavy atom. The van der Waals surface area contributed by atoms with Gasteiger partial charge in [0.15, 0.2) is 0 Å². The van der Waals surface area contributed by atoms with Crippen LogP contribution in [0.4, 0.5) is 0 Å². The largest absolute Gasteiger partial charge is 0.352 e. The van der Waals surface area contributed by atoms with Crippen molar-refractivity contribution in [2.75, 3.05) is 13.1 Å². The van der Waals surface area contributed by atoms with Crippen molar-refractivity contribution in [1.82, 2.24) is 10.6 Å². The first-order valence-corrected chi connectivity index (χ1v) is 9.00. The molecule has 0 spiro atoms. The second-order valence-electron chi connectivity index (χ2n) is 6.72. The van der Waals surface area contributed by atoms with Crippen LogP contribution in [0.25, 0.3) is 0 Å². The molecule has 0 radical (unpaired) electrons. The molecule has 1 aliphatic rings. The highest BCUT2D eigenvalue weighted by Crippen LogP contribution is 2.26. The van der Waals surface area contributed by atoms with E-state index >= 15 is 0 Å². The van der Waals surface area contributed by atoms with E-state index in [4.69, 9.17) is 0 Å². The first-order valence-electron chi connectivity index (χ1n) is 8.12. The maximum absolute atomic E-state index is 12.0. The van der Waals surface area contributed by atoms with Gasteiger partial charge in [0.2, 0.25) is 5.91 Å². The minimum atomic E-state index is 0.0801. The Morgan fingerprint density at radius 3 is 2.62 bits per heavy atom. The van der Waals surface area contributed by atoms with Gasteiger partial charge in [-0.05, 0) is 24.3 Å². The van der Waals surface area contributed by atoms with E-state index in [-0.39, 0.29) is 11.3 Å². The van der Waals surface area contributed by atoms with Crippen molar-refractivity contribution in [3.05, 3.63) is 22.4 Å². The van der Waals surface area contributed by atoms with E-state index in [0.717, 1.165) is 19.4 Å². The summed E-state index contributed by atoms with van der Waals surface area (Å²) in [5.74, 6) is 0.142. The number of hydrogen-bond acceptors (Lipinski definition) is 3. The van der Waals surface area contributed by atoms with E-state index in [1.165, 1.54) is 30.6 Å². The van der Waals surface area contributed by atoms with Gasteiger partial charge in [-0.15, -0.1) is 11.3 Å². The maximum Gasteiger partial charge on any atom is 0.234 e. The third-order valence-electron chi connectivity index (χ3n) is 4.26. The highest BCUT2D eigenvalue weighted by atomic mass is 32.1. The average molecular weight is 308 g/mol. The smallest absolute Gasteiger partial charge is 0.234 e. The lowest BCUT2D eigenvalue weighted by Crippen LogP contribution is -2.43. The van der Waals surface area contributed by atoms with E-state index < -0.39 is 0 Å². The molecular weight excluding hydrogens is 280 g/mol. The molecule has 3 nitrogen and oxygen atoms in total. The Labute approximate surface area is 132 Å². The fourth-order valence-corrected chi connectivity index (χ4v) is 3.79. The maximum atomic E-state index is 12.0. The first-order chi connectivity index (χ1) is 10.1. The Bertz CT molecular complexity index is 420. The second-order valence-corrected chi connectivity index (χ2v) is 7.67.